The third-order valence-corrected chi connectivity index (χ3v) is 5.85. The van der Waals surface area contributed by atoms with E-state index in [1.165, 1.54) is 12.1 Å². The number of nitrogens with one attached hydrogen (secondary N) is 1. The fourth-order valence-electron chi connectivity index (χ4n) is 4.17. The van der Waals surface area contributed by atoms with Crippen molar-refractivity contribution < 1.29 is 4.39 Å². The van der Waals surface area contributed by atoms with Crippen molar-refractivity contribution in [1.82, 2.24) is 14.8 Å². The van der Waals surface area contributed by atoms with E-state index in [0.717, 1.165) is 42.4 Å². The summed E-state index contributed by atoms with van der Waals surface area (Å²) in [5.41, 5.74) is 2.21. The lowest BCUT2D eigenvalue weighted by atomic mass is 9.83. The van der Waals surface area contributed by atoms with E-state index in [1.54, 1.807) is 18.2 Å². The summed E-state index contributed by atoms with van der Waals surface area (Å²) in [6, 6.07) is 12.1. The molecule has 1 fully saturated rings. The normalized spacial score (nSPS) is 22.5. The fourth-order valence-corrected chi connectivity index (χ4v) is 4.50. The summed E-state index contributed by atoms with van der Waals surface area (Å²) in [5.74, 6) is 0.529. The van der Waals surface area contributed by atoms with Crippen LogP contribution in [0.5, 0.6) is 0 Å². The first-order valence-electron chi connectivity index (χ1n) is 9.02. The van der Waals surface area contributed by atoms with E-state index in [4.69, 9.17) is 12.2 Å². The van der Waals surface area contributed by atoms with Gasteiger partial charge < -0.3 is 14.8 Å². The number of likely N-dealkylation sites (tertiary alicyclic amines) is 1. The Morgan fingerprint density at radius 2 is 1.96 bits per heavy atom. The van der Waals surface area contributed by atoms with Crippen molar-refractivity contribution in [2.24, 2.45) is 5.92 Å². The minimum Gasteiger partial charge on any atom is -0.356 e. The van der Waals surface area contributed by atoms with Crippen molar-refractivity contribution in [2.45, 2.75) is 31.8 Å². The predicted molar refractivity (Wildman–Crippen MR) is 104 cm³/mol. The van der Waals surface area contributed by atoms with E-state index < -0.39 is 0 Å². The predicted octanol–water partition coefficient (Wildman–Crippen LogP) is 3.04. The van der Waals surface area contributed by atoms with Gasteiger partial charge in [0, 0.05) is 37.3 Å². The zero-order chi connectivity index (χ0) is 18.3. The smallest absolute Gasteiger partial charge is 0.250 e. The molecule has 3 atom stereocenters. The van der Waals surface area contributed by atoms with Crippen molar-refractivity contribution in [1.29, 1.82) is 0 Å². The lowest BCUT2D eigenvalue weighted by Gasteiger charge is -2.44. The highest BCUT2D eigenvalue weighted by molar-refractivity contribution is 7.80. The van der Waals surface area contributed by atoms with E-state index in [2.05, 4.69) is 16.3 Å². The first-order chi connectivity index (χ1) is 12.5. The average molecular weight is 371 g/mol. The van der Waals surface area contributed by atoms with Crippen LogP contribution in [0.4, 0.5) is 4.39 Å². The van der Waals surface area contributed by atoms with Crippen LogP contribution in [0.2, 0.25) is 0 Å². The number of benzene rings is 1. The molecule has 1 N–H and O–H groups in total. The SMILES string of the molecule is C[C@@H](NC(=S)N1C[C@@H]2C[C@H](C1)c1cccc(=O)n1C2)c1ccc(F)cc1. The van der Waals surface area contributed by atoms with Crippen LogP contribution in [0.1, 0.15) is 36.6 Å². The number of piperidine rings is 1. The third kappa shape index (κ3) is 3.26. The molecule has 4 nitrogen and oxygen atoms in total. The summed E-state index contributed by atoms with van der Waals surface area (Å²) in [6.45, 7) is 4.47. The number of nitrogens with zero attached hydrogens (tertiary/aromatic N) is 2. The van der Waals surface area contributed by atoms with Gasteiger partial charge in [-0.1, -0.05) is 18.2 Å². The van der Waals surface area contributed by atoms with Gasteiger partial charge in [-0.15, -0.1) is 0 Å². The Kier molecular flexibility index (Phi) is 4.53. The van der Waals surface area contributed by atoms with Gasteiger partial charge >= 0.3 is 0 Å². The molecule has 1 aromatic heterocycles. The summed E-state index contributed by atoms with van der Waals surface area (Å²) in [7, 11) is 0. The Hall–Kier alpha value is -2.21. The zero-order valence-corrected chi connectivity index (χ0v) is 15.5. The Balaban J connectivity index is 1.47. The van der Waals surface area contributed by atoms with E-state index in [9.17, 15) is 9.18 Å². The molecule has 4 rings (SSSR count). The molecule has 0 amide bonds. The molecule has 3 heterocycles. The highest BCUT2D eigenvalue weighted by Crippen LogP contribution is 2.35. The molecule has 0 spiro atoms. The number of pyridine rings is 1. The van der Waals surface area contributed by atoms with Crippen molar-refractivity contribution in [3.05, 3.63) is 69.9 Å². The minimum absolute atomic E-state index is 0.0137. The highest BCUT2D eigenvalue weighted by atomic mass is 32.1. The van der Waals surface area contributed by atoms with Crippen molar-refractivity contribution in [3.63, 3.8) is 0 Å². The largest absolute Gasteiger partial charge is 0.356 e. The van der Waals surface area contributed by atoms with Crippen molar-refractivity contribution in [3.8, 4) is 0 Å². The lowest BCUT2D eigenvalue weighted by Crippen LogP contribution is -2.52. The van der Waals surface area contributed by atoms with E-state index >= 15 is 0 Å². The topological polar surface area (TPSA) is 37.3 Å². The summed E-state index contributed by atoms with van der Waals surface area (Å²) in [5, 5.41) is 4.10. The van der Waals surface area contributed by atoms with Gasteiger partial charge in [-0.05, 0) is 55.2 Å². The molecule has 0 radical (unpaired) electrons. The quantitative estimate of drug-likeness (QED) is 0.824. The summed E-state index contributed by atoms with van der Waals surface area (Å²) >= 11 is 5.65. The Labute approximate surface area is 157 Å². The number of rotatable bonds is 2. The zero-order valence-electron chi connectivity index (χ0n) is 14.7. The molecular formula is C20H22FN3OS. The number of halogens is 1. The second kappa shape index (κ2) is 6.83. The molecule has 0 unspecified atom stereocenters. The van der Waals surface area contributed by atoms with Crippen LogP contribution >= 0.6 is 12.2 Å². The van der Waals surface area contributed by atoms with E-state index in [1.807, 2.05) is 17.6 Å². The number of aromatic nitrogens is 1. The maximum Gasteiger partial charge on any atom is 0.250 e. The molecule has 2 bridgehead atoms. The summed E-state index contributed by atoms with van der Waals surface area (Å²) in [4.78, 5) is 14.3. The van der Waals surface area contributed by atoms with E-state index in [-0.39, 0.29) is 17.4 Å². The van der Waals surface area contributed by atoms with Gasteiger partial charge in [-0.3, -0.25) is 4.79 Å². The Bertz CT molecular complexity index is 879. The van der Waals surface area contributed by atoms with Crippen LogP contribution in [0.15, 0.2) is 47.3 Å². The summed E-state index contributed by atoms with van der Waals surface area (Å²) in [6.07, 6.45) is 1.11. The minimum atomic E-state index is -0.235. The fraction of sp³-hybridized carbons (Fsp3) is 0.400. The van der Waals surface area contributed by atoms with Gasteiger partial charge in [0.15, 0.2) is 5.11 Å². The van der Waals surface area contributed by atoms with Crippen LogP contribution in [0, 0.1) is 11.7 Å². The Morgan fingerprint density at radius 3 is 2.73 bits per heavy atom. The van der Waals surface area contributed by atoms with Crippen molar-refractivity contribution >= 4 is 17.3 Å². The Morgan fingerprint density at radius 1 is 1.19 bits per heavy atom. The lowest BCUT2D eigenvalue weighted by molar-refractivity contribution is 0.176. The average Bonchev–Trinajstić information content (AvgIpc) is 2.63. The first kappa shape index (κ1) is 17.2. The van der Waals surface area contributed by atoms with Gasteiger partial charge in [0.2, 0.25) is 0 Å². The maximum absolute atomic E-state index is 13.1. The molecule has 6 heteroatoms. The van der Waals surface area contributed by atoms with Gasteiger partial charge in [0.05, 0.1) is 6.04 Å². The molecule has 26 heavy (non-hydrogen) atoms. The molecule has 1 aromatic carbocycles. The van der Waals surface area contributed by atoms with Gasteiger partial charge in [-0.2, -0.15) is 0 Å². The molecule has 2 aliphatic rings. The molecule has 2 aliphatic heterocycles. The second-order valence-electron chi connectivity index (χ2n) is 7.33. The monoisotopic (exact) mass is 371 g/mol. The third-order valence-electron chi connectivity index (χ3n) is 5.48. The molecule has 0 saturated carbocycles. The highest BCUT2D eigenvalue weighted by Gasteiger charge is 2.35. The number of hydrogen-bond donors (Lipinski definition) is 1. The molecule has 2 aromatic rings. The number of hydrogen-bond acceptors (Lipinski definition) is 2. The van der Waals surface area contributed by atoms with Crippen LogP contribution < -0.4 is 10.9 Å². The molecule has 136 valence electrons. The van der Waals surface area contributed by atoms with Crippen LogP contribution in [0.3, 0.4) is 0 Å². The van der Waals surface area contributed by atoms with Crippen LogP contribution in [-0.2, 0) is 6.54 Å². The molecular weight excluding hydrogens is 349 g/mol. The molecule has 0 aliphatic carbocycles. The summed E-state index contributed by atoms with van der Waals surface area (Å²) < 4.78 is 15.0. The van der Waals surface area contributed by atoms with Crippen molar-refractivity contribution in [2.75, 3.05) is 13.1 Å². The maximum atomic E-state index is 13.1. The number of fused-ring (bicyclic) bond motifs is 4. The molecule has 1 saturated heterocycles. The van der Waals surface area contributed by atoms with Gasteiger partial charge in [-0.25, -0.2) is 4.39 Å². The van der Waals surface area contributed by atoms with E-state index in [0.29, 0.717) is 11.8 Å². The first-order valence-corrected chi connectivity index (χ1v) is 9.42. The van der Waals surface area contributed by atoms with Gasteiger partial charge in [0.1, 0.15) is 5.82 Å². The van der Waals surface area contributed by atoms with Gasteiger partial charge in [0.25, 0.3) is 5.56 Å². The number of thiocarbonyl (C=S) groups is 1. The standard InChI is InChI=1S/C20H22FN3OS/c1-13(15-5-7-17(21)8-6-15)22-20(26)23-10-14-9-16(12-23)18-3-2-4-19(25)24(18)11-14/h2-8,13-14,16H,9-12H2,1H3,(H,22,26)/t13-,14+,16-/m1/s1. The van der Waals surface area contributed by atoms with Crippen LogP contribution in [-0.4, -0.2) is 27.7 Å². The second-order valence-corrected chi connectivity index (χ2v) is 7.71. The van der Waals surface area contributed by atoms with Crippen LogP contribution in [0.25, 0.3) is 0 Å².